The maximum atomic E-state index is 6.12. The van der Waals surface area contributed by atoms with E-state index in [4.69, 9.17) is 16.3 Å². The molecule has 1 unspecified atom stereocenters. The Kier molecular flexibility index (Phi) is 5.66. The minimum atomic E-state index is 0.115. The lowest BCUT2D eigenvalue weighted by Gasteiger charge is -2.20. The summed E-state index contributed by atoms with van der Waals surface area (Å²) in [6.45, 7) is 7.05. The monoisotopic (exact) mass is 303 g/mol. The van der Waals surface area contributed by atoms with Gasteiger partial charge in [-0.2, -0.15) is 0 Å². The topological polar surface area (TPSA) is 21.3 Å². The first-order valence-corrected chi connectivity index (χ1v) is 7.73. The van der Waals surface area contributed by atoms with Crippen molar-refractivity contribution in [2.45, 2.75) is 32.9 Å². The minimum Gasteiger partial charge on any atom is -0.491 e. The van der Waals surface area contributed by atoms with Crippen molar-refractivity contribution in [1.82, 2.24) is 5.32 Å². The Morgan fingerprint density at radius 2 is 1.71 bits per heavy atom. The Morgan fingerprint density at radius 3 is 2.33 bits per heavy atom. The standard InChI is InChI=1S/C18H22ClNO/c1-4-20-18(14-7-5-9-16(19)11-14)15-8-6-10-17(12-15)21-13(2)3/h5-13,18,20H,4H2,1-3H3. The Hall–Kier alpha value is -1.51. The van der Waals surface area contributed by atoms with Crippen LogP contribution in [-0.4, -0.2) is 12.6 Å². The number of benzene rings is 2. The van der Waals surface area contributed by atoms with Crippen LogP contribution < -0.4 is 10.1 Å². The number of halogens is 1. The molecule has 0 heterocycles. The normalized spacial score (nSPS) is 12.4. The van der Waals surface area contributed by atoms with Gasteiger partial charge in [0.25, 0.3) is 0 Å². The first-order chi connectivity index (χ1) is 10.1. The van der Waals surface area contributed by atoms with E-state index < -0.39 is 0 Å². The summed E-state index contributed by atoms with van der Waals surface area (Å²) in [7, 11) is 0. The van der Waals surface area contributed by atoms with Crippen LogP contribution in [-0.2, 0) is 0 Å². The Bertz CT molecular complexity index is 583. The van der Waals surface area contributed by atoms with E-state index in [1.807, 2.05) is 44.2 Å². The van der Waals surface area contributed by atoms with Gasteiger partial charge in [0.15, 0.2) is 0 Å². The van der Waals surface area contributed by atoms with Crippen LogP contribution in [0.25, 0.3) is 0 Å². The highest BCUT2D eigenvalue weighted by Crippen LogP contribution is 2.27. The van der Waals surface area contributed by atoms with Crippen molar-refractivity contribution in [3.05, 3.63) is 64.7 Å². The van der Waals surface area contributed by atoms with Crippen molar-refractivity contribution in [2.24, 2.45) is 0 Å². The quantitative estimate of drug-likeness (QED) is 0.825. The predicted octanol–water partition coefficient (Wildman–Crippen LogP) is 4.83. The summed E-state index contributed by atoms with van der Waals surface area (Å²) in [5, 5.41) is 4.26. The molecule has 2 nitrogen and oxygen atoms in total. The smallest absolute Gasteiger partial charge is 0.120 e. The molecular weight excluding hydrogens is 282 g/mol. The Balaban J connectivity index is 2.34. The summed E-state index contributed by atoms with van der Waals surface area (Å²) >= 11 is 6.12. The second-order valence-corrected chi connectivity index (χ2v) is 5.72. The fourth-order valence-electron chi connectivity index (χ4n) is 2.36. The van der Waals surface area contributed by atoms with Crippen LogP contribution >= 0.6 is 11.6 Å². The molecular formula is C18H22ClNO. The molecule has 0 aliphatic carbocycles. The predicted molar refractivity (Wildman–Crippen MR) is 89.2 cm³/mol. The second kappa shape index (κ2) is 7.48. The van der Waals surface area contributed by atoms with Gasteiger partial charge in [0.2, 0.25) is 0 Å². The summed E-state index contributed by atoms with van der Waals surface area (Å²) in [6.07, 6.45) is 0.170. The molecule has 2 rings (SSSR count). The van der Waals surface area contributed by atoms with Crippen molar-refractivity contribution in [3.63, 3.8) is 0 Å². The number of hydrogen-bond donors (Lipinski definition) is 1. The van der Waals surface area contributed by atoms with Crippen molar-refractivity contribution >= 4 is 11.6 Å². The van der Waals surface area contributed by atoms with Gasteiger partial charge in [0.1, 0.15) is 5.75 Å². The van der Waals surface area contributed by atoms with Crippen molar-refractivity contribution < 1.29 is 4.74 Å². The highest BCUT2D eigenvalue weighted by molar-refractivity contribution is 6.30. The second-order valence-electron chi connectivity index (χ2n) is 5.28. The molecule has 2 aromatic carbocycles. The van der Waals surface area contributed by atoms with E-state index in [1.165, 1.54) is 5.56 Å². The largest absolute Gasteiger partial charge is 0.491 e. The lowest BCUT2D eigenvalue weighted by Crippen LogP contribution is -2.22. The number of hydrogen-bond acceptors (Lipinski definition) is 2. The molecule has 0 aliphatic rings. The number of nitrogens with one attached hydrogen (secondary N) is 1. The van der Waals surface area contributed by atoms with Gasteiger partial charge in [0.05, 0.1) is 12.1 Å². The highest BCUT2D eigenvalue weighted by atomic mass is 35.5. The van der Waals surface area contributed by atoms with Crippen LogP contribution in [0.5, 0.6) is 5.75 Å². The van der Waals surface area contributed by atoms with Crippen LogP contribution in [0.4, 0.5) is 0 Å². The van der Waals surface area contributed by atoms with E-state index >= 15 is 0 Å². The molecule has 0 saturated carbocycles. The molecule has 0 spiro atoms. The maximum Gasteiger partial charge on any atom is 0.120 e. The minimum absolute atomic E-state index is 0.115. The zero-order valence-corrected chi connectivity index (χ0v) is 13.5. The van der Waals surface area contributed by atoms with E-state index in [9.17, 15) is 0 Å². The number of rotatable bonds is 6. The zero-order valence-electron chi connectivity index (χ0n) is 12.8. The average molecular weight is 304 g/mol. The summed E-state index contributed by atoms with van der Waals surface area (Å²) in [5.74, 6) is 0.896. The van der Waals surface area contributed by atoms with Gasteiger partial charge in [-0.3, -0.25) is 0 Å². The van der Waals surface area contributed by atoms with Gasteiger partial charge in [0, 0.05) is 5.02 Å². The summed E-state index contributed by atoms with van der Waals surface area (Å²) in [6, 6.07) is 16.3. The van der Waals surface area contributed by atoms with Crippen LogP contribution in [0.3, 0.4) is 0 Å². The van der Waals surface area contributed by atoms with Crippen LogP contribution in [0.2, 0.25) is 5.02 Å². The molecule has 0 bridgehead atoms. The van der Waals surface area contributed by atoms with Crippen molar-refractivity contribution in [1.29, 1.82) is 0 Å². The molecule has 0 radical (unpaired) electrons. The lowest BCUT2D eigenvalue weighted by atomic mass is 9.98. The Morgan fingerprint density at radius 1 is 1.05 bits per heavy atom. The maximum absolute atomic E-state index is 6.12. The van der Waals surface area contributed by atoms with Gasteiger partial charge in [-0.15, -0.1) is 0 Å². The molecule has 0 aliphatic heterocycles. The fraction of sp³-hybridized carbons (Fsp3) is 0.333. The highest BCUT2D eigenvalue weighted by Gasteiger charge is 2.14. The van der Waals surface area contributed by atoms with E-state index in [2.05, 4.69) is 30.4 Å². The van der Waals surface area contributed by atoms with Crippen molar-refractivity contribution in [2.75, 3.05) is 6.54 Å². The molecule has 1 atom stereocenters. The third kappa shape index (κ3) is 4.48. The molecule has 112 valence electrons. The Labute approximate surface area is 132 Å². The van der Waals surface area contributed by atoms with Crippen LogP contribution in [0.1, 0.15) is 37.9 Å². The van der Waals surface area contributed by atoms with E-state index in [0.717, 1.165) is 22.9 Å². The molecule has 0 fully saturated rings. The third-order valence-corrected chi connectivity index (χ3v) is 3.39. The van der Waals surface area contributed by atoms with Crippen LogP contribution in [0, 0.1) is 0 Å². The summed E-state index contributed by atoms with van der Waals surface area (Å²) in [4.78, 5) is 0. The third-order valence-electron chi connectivity index (χ3n) is 3.15. The molecule has 0 aromatic heterocycles. The van der Waals surface area contributed by atoms with Gasteiger partial charge in [-0.25, -0.2) is 0 Å². The number of ether oxygens (including phenoxy) is 1. The van der Waals surface area contributed by atoms with E-state index in [1.54, 1.807) is 0 Å². The van der Waals surface area contributed by atoms with E-state index in [0.29, 0.717) is 0 Å². The molecule has 2 aromatic rings. The first kappa shape index (κ1) is 15.9. The summed E-state index contributed by atoms with van der Waals surface area (Å²) in [5.41, 5.74) is 2.34. The fourth-order valence-corrected chi connectivity index (χ4v) is 2.56. The average Bonchev–Trinajstić information content (AvgIpc) is 2.44. The molecule has 3 heteroatoms. The van der Waals surface area contributed by atoms with Gasteiger partial charge in [-0.05, 0) is 55.8 Å². The van der Waals surface area contributed by atoms with E-state index in [-0.39, 0.29) is 12.1 Å². The SMILES string of the molecule is CCNC(c1cccc(Cl)c1)c1cccc(OC(C)C)c1. The van der Waals surface area contributed by atoms with Crippen LogP contribution in [0.15, 0.2) is 48.5 Å². The van der Waals surface area contributed by atoms with Gasteiger partial charge < -0.3 is 10.1 Å². The lowest BCUT2D eigenvalue weighted by molar-refractivity contribution is 0.242. The van der Waals surface area contributed by atoms with Gasteiger partial charge >= 0.3 is 0 Å². The first-order valence-electron chi connectivity index (χ1n) is 7.35. The molecule has 0 saturated heterocycles. The zero-order chi connectivity index (χ0) is 15.2. The summed E-state index contributed by atoms with van der Waals surface area (Å²) < 4.78 is 5.79. The van der Waals surface area contributed by atoms with Gasteiger partial charge in [-0.1, -0.05) is 42.8 Å². The molecule has 21 heavy (non-hydrogen) atoms. The molecule has 1 N–H and O–H groups in total. The molecule has 0 amide bonds. The van der Waals surface area contributed by atoms with Crippen molar-refractivity contribution in [3.8, 4) is 5.75 Å².